The molecule has 6 heteroatoms. The number of halogens is 2. The summed E-state index contributed by atoms with van der Waals surface area (Å²) in [6.45, 7) is 2.18. The minimum Gasteiger partial charge on any atom is -0.478 e. The van der Waals surface area contributed by atoms with Crippen LogP contribution in [-0.2, 0) is 11.2 Å². The molecule has 3 fully saturated rings. The van der Waals surface area contributed by atoms with Crippen molar-refractivity contribution < 1.29 is 18.7 Å². The molecule has 0 saturated heterocycles. The number of fused-ring (bicyclic) bond motifs is 4. The third kappa shape index (κ3) is 3.07. The molecule has 33 heavy (non-hydrogen) atoms. The monoisotopic (exact) mass is 448 g/mol. The van der Waals surface area contributed by atoms with Gasteiger partial charge in [-0.15, -0.1) is 0 Å². The van der Waals surface area contributed by atoms with Gasteiger partial charge in [0.25, 0.3) is 0 Å². The Labute approximate surface area is 190 Å². The third-order valence-electron chi connectivity index (χ3n) is 8.07. The Morgan fingerprint density at radius 3 is 2.61 bits per heavy atom. The second-order valence-corrected chi connectivity index (χ2v) is 10.0. The van der Waals surface area contributed by atoms with Crippen LogP contribution in [0.25, 0.3) is 17.0 Å². The van der Waals surface area contributed by atoms with Crippen LogP contribution in [0.3, 0.4) is 0 Å². The lowest BCUT2D eigenvalue weighted by atomic mass is 9.72. The molecule has 170 valence electrons. The molecule has 0 amide bonds. The van der Waals surface area contributed by atoms with Gasteiger partial charge in [0.1, 0.15) is 11.6 Å². The first kappa shape index (κ1) is 20.6. The molecule has 0 unspecified atom stereocenters. The molecule has 4 nitrogen and oxygen atoms in total. The van der Waals surface area contributed by atoms with Crippen molar-refractivity contribution in [1.82, 2.24) is 9.88 Å². The maximum Gasteiger partial charge on any atom is 0.328 e. The molecule has 2 aromatic carbocycles. The Bertz CT molecular complexity index is 1280. The van der Waals surface area contributed by atoms with Crippen LogP contribution in [0.2, 0.25) is 0 Å². The summed E-state index contributed by atoms with van der Waals surface area (Å²) in [6, 6.07) is 10.1. The Morgan fingerprint density at radius 2 is 1.94 bits per heavy atom. The lowest BCUT2D eigenvalue weighted by molar-refractivity contribution is -0.131. The van der Waals surface area contributed by atoms with Crippen LogP contribution < -0.4 is 0 Å². The number of nitrogens with one attached hydrogen (secondary N) is 1. The second-order valence-electron chi connectivity index (χ2n) is 10.0. The maximum atomic E-state index is 15.6. The number of carboxylic acid groups (broad SMARTS) is 1. The van der Waals surface area contributed by atoms with Crippen LogP contribution in [0.5, 0.6) is 0 Å². The molecule has 4 aliphatic rings. The minimum absolute atomic E-state index is 0.00943. The summed E-state index contributed by atoms with van der Waals surface area (Å²) in [4.78, 5) is 16.8. The number of H-pyrrole nitrogens is 1. The number of aromatic nitrogens is 1. The van der Waals surface area contributed by atoms with E-state index in [9.17, 15) is 4.79 Å². The number of hydrogen-bond acceptors (Lipinski definition) is 2. The van der Waals surface area contributed by atoms with E-state index in [2.05, 4.69) is 22.9 Å². The predicted molar refractivity (Wildman–Crippen MR) is 123 cm³/mol. The van der Waals surface area contributed by atoms with Crippen molar-refractivity contribution in [1.29, 1.82) is 0 Å². The number of carbonyl (C=O) groups is 1. The van der Waals surface area contributed by atoms with E-state index in [-0.39, 0.29) is 22.7 Å². The summed E-state index contributed by atoms with van der Waals surface area (Å²) in [5.74, 6) is -1.71. The molecule has 3 aliphatic carbocycles. The molecule has 2 atom stereocenters. The van der Waals surface area contributed by atoms with Crippen LogP contribution in [-0.4, -0.2) is 32.5 Å². The molecular weight excluding hydrogens is 422 g/mol. The number of rotatable bonds is 4. The van der Waals surface area contributed by atoms with Gasteiger partial charge in [-0.2, -0.15) is 0 Å². The quantitative estimate of drug-likeness (QED) is 0.495. The molecule has 2 N–H and O–H groups in total. The van der Waals surface area contributed by atoms with Gasteiger partial charge in [0.05, 0.1) is 6.04 Å². The highest BCUT2D eigenvalue weighted by Crippen LogP contribution is 2.60. The average Bonchev–Trinajstić information content (AvgIpc) is 3.44. The Morgan fingerprint density at radius 1 is 1.21 bits per heavy atom. The number of benzene rings is 2. The first-order chi connectivity index (χ1) is 15.9. The molecule has 2 heterocycles. The van der Waals surface area contributed by atoms with Crippen molar-refractivity contribution in [2.24, 2.45) is 5.92 Å². The molecule has 0 spiro atoms. The van der Waals surface area contributed by atoms with Crippen molar-refractivity contribution >= 4 is 22.9 Å². The van der Waals surface area contributed by atoms with E-state index in [4.69, 9.17) is 5.11 Å². The molecule has 7 rings (SSSR count). The number of nitrogens with zero attached hydrogens (tertiary/aromatic N) is 1. The molecule has 2 bridgehead atoms. The molecule has 3 saturated carbocycles. The van der Waals surface area contributed by atoms with E-state index >= 15 is 8.78 Å². The van der Waals surface area contributed by atoms with E-state index in [0.717, 1.165) is 59.8 Å². The number of carboxylic acids is 1. The van der Waals surface area contributed by atoms with Gasteiger partial charge in [-0.1, -0.05) is 18.2 Å². The van der Waals surface area contributed by atoms with E-state index < -0.39 is 23.6 Å². The highest BCUT2D eigenvalue weighted by Gasteiger charge is 2.58. The normalized spacial score (nSPS) is 28.9. The lowest BCUT2D eigenvalue weighted by Crippen LogP contribution is -2.59. The minimum atomic E-state index is -1.16. The highest BCUT2D eigenvalue weighted by atomic mass is 19.1. The zero-order chi connectivity index (χ0) is 22.9. The van der Waals surface area contributed by atoms with Gasteiger partial charge in [0.15, 0.2) is 0 Å². The van der Waals surface area contributed by atoms with Crippen molar-refractivity contribution in [2.75, 3.05) is 0 Å². The van der Waals surface area contributed by atoms with Crippen molar-refractivity contribution in [3.05, 3.63) is 76.5 Å². The zero-order valence-electron chi connectivity index (χ0n) is 18.4. The van der Waals surface area contributed by atoms with Gasteiger partial charge in [0, 0.05) is 39.8 Å². The lowest BCUT2D eigenvalue weighted by Gasteiger charge is -2.55. The topological polar surface area (TPSA) is 56.3 Å². The van der Waals surface area contributed by atoms with Crippen molar-refractivity contribution in [3.8, 4) is 0 Å². The molecule has 1 aliphatic heterocycles. The largest absolute Gasteiger partial charge is 0.478 e. The SMILES string of the molecule is C[C@@H]1Cc2c([nH]c3ccccc23)[C@H](c2c(F)cc(/C=C/C(=O)O)cc2F)N1C12CCC(C1)C2. The Hall–Kier alpha value is -2.99. The van der Waals surface area contributed by atoms with Crippen molar-refractivity contribution in [3.63, 3.8) is 0 Å². The van der Waals surface area contributed by atoms with Gasteiger partial charge in [-0.05, 0) is 80.3 Å². The second kappa shape index (κ2) is 7.26. The maximum absolute atomic E-state index is 15.6. The van der Waals surface area contributed by atoms with Gasteiger partial charge in [-0.3, -0.25) is 4.90 Å². The summed E-state index contributed by atoms with van der Waals surface area (Å²) in [5, 5.41) is 10.00. The molecule has 3 aromatic rings. The fraction of sp³-hybridized carbons (Fsp3) is 0.370. The summed E-state index contributed by atoms with van der Waals surface area (Å²) < 4.78 is 31.3. The van der Waals surface area contributed by atoms with Crippen LogP contribution in [0.15, 0.2) is 42.5 Å². The van der Waals surface area contributed by atoms with Gasteiger partial charge in [-0.25, -0.2) is 13.6 Å². The van der Waals surface area contributed by atoms with E-state index in [1.54, 1.807) is 0 Å². The predicted octanol–water partition coefficient (Wildman–Crippen LogP) is 5.82. The number of aromatic amines is 1. The number of para-hydroxylation sites is 1. The summed E-state index contributed by atoms with van der Waals surface area (Å²) >= 11 is 0. The summed E-state index contributed by atoms with van der Waals surface area (Å²) in [7, 11) is 0. The number of aliphatic carboxylic acids is 1. The Kier molecular flexibility index (Phi) is 4.53. The first-order valence-electron chi connectivity index (χ1n) is 11.6. The zero-order valence-corrected chi connectivity index (χ0v) is 18.4. The number of hydrogen-bond donors (Lipinski definition) is 2. The Balaban J connectivity index is 1.55. The highest BCUT2D eigenvalue weighted by molar-refractivity contribution is 5.86. The van der Waals surface area contributed by atoms with Crippen LogP contribution in [0.1, 0.15) is 61.0 Å². The third-order valence-corrected chi connectivity index (χ3v) is 8.07. The molecule has 0 radical (unpaired) electrons. The smallest absolute Gasteiger partial charge is 0.328 e. The van der Waals surface area contributed by atoms with Crippen LogP contribution >= 0.6 is 0 Å². The molecular formula is C27H26F2N2O2. The van der Waals surface area contributed by atoms with Gasteiger partial charge in [0.2, 0.25) is 0 Å². The fourth-order valence-electron chi connectivity index (χ4n) is 6.85. The fourth-order valence-corrected chi connectivity index (χ4v) is 6.85. The van der Waals surface area contributed by atoms with Crippen molar-refractivity contribution in [2.45, 2.75) is 56.7 Å². The van der Waals surface area contributed by atoms with Crippen LogP contribution in [0.4, 0.5) is 8.78 Å². The van der Waals surface area contributed by atoms with Gasteiger partial charge < -0.3 is 10.1 Å². The van der Waals surface area contributed by atoms with Crippen LogP contribution in [0, 0.1) is 17.6 Å². The average molecular weight is 449 g/mol. The standard InChI is InChI=1S/C27H26F2N2O2/c1-15-10-19-18-4-2-3-5-22(18)30-25(19)26(31(15)27-9-8-17(13-27)14-27)24-20(28)11-16(12-21(24)29)6-7-23(32)33/h2-7,11-12,15,17,26,30H,8-10,13-14H2,1H3,(H,32,33)/b7-6+/t15-,17?,26+,27?/m1/s1. The summed E-state index contributed by atoms with van der Waals surface area (Å²) in [6.07, 6.45) is 7.38. The van der Waals surface area contributed by atoms with E-state index in [1.165, 1.54) is 24.6 Å². The van der Waals surface area contributed by atoms with E-state index in [1.807, 2.05) is 18.2 Å². The van der Waals surface area contributed by atoms with Gasteiger partial charge >= 0.3 is 5.97 Å². The van der Waals surface area contributed by atoms with E-state index in [0.29, 0.717) is 0 Å². The first-order valence-corrected chi connectivity index (χ1v) is 11.6. The molecule has 1 aromatic heterocycles. The summed E-state index contributed by atoms with van der Waals surface area (Å²) in [5.41, 5.74) is 3.24.